The summed E-state index contributed by atoms with van der Waals surface area (Å²) in [6, 6.07) is 8.04. The van der Waals surface area contributed by atoms with E-state index in [9.17, 15) is 0 Å². The molecule has 1 fully saturated rings. The van der Waals surface area contributed by atoms with Crippen molar-refractivity contribution in [3.63, 3.8) is 0 Å². The molecule has 1 aliphatic heterocycles. The van der Waals surface area contributed by atoms with Crippen LogP contribution in [0.15, 0.2) is 24.3 Å². The molecule has 0 aliphatic carbocycles. The fourth-order valence-corrected chi connectivity index (χ4v) is 2.18. The van der Waals surface area contributed by atoms with Crippen molar-refractivity contribution in [1.29, 1.82) is 0 Å². The molecule has 1 aromatic rings. The van der Waals surface area contributed by atoms with Crippen LogP contribution in [0, 0.1) is 0 Å². The normalized spacial score (nSPS) is 20.4. The molecule has 1 heterocycles. The average molecular weight is 235 g/mol. The third-order valence-corrected chi connectivity index (χ3v) is 3.15. The van der Waals surface area contributed by atoms with Gasteiger partial charge in [-0.25, -0.2) is 0 Å². The summed E-state index contributed by atoms with van der Waals surface area (Å²) < 4.78 is 5.66. The van der Waals surface area contributed by atoms with Crippen molar-refractivity contribution in [3.05, 3.63) is 35.4 Å². The van der Waals surface area contributed by atoms with Gasteiger partial charge in [-0.2, -0.15) is 0 Å². The number of rotatable bonds is 5. The molecule has 0 saturated carbocycles. The molecule has 1 unspecified atom stereocenters. The lowest BCUT2D eigenvalue weighted by Crippen LogP contribution is -2.31. The molecule has 3 nitrogen and oxygen atoms in total. The molecule has 3 heteroatoms. The predicted octanol–water partition coefficient (Wildman–Crippen LogP) is 1.84. The van der Waals surface area contributed by atoms with Gasteiger partial charge in [-0.3, -0.25) is 0 Å². The number of benzene rings is 1. The van der Waals surface area contributed by atoms with E-state index >= 15 is 0 Å². The molecule has 0 bridgehead atoms. The summed E-state index contributed by atoms with van der Waals surface area (Å²) in [6.45, 7) is 2.78. The molecule has 1 saturated heterocycles. The van der Waals surface area contributed by atoms with E-state index in [1.807, 2.05) is 18.2 Å². The Morgan fingerprint density at radius 3 is 2.94 bits per heavy atom. The van der Waals surface area contributed by atoms with E-state index in [-0.39, 0.29) is 6.61 Å². The first-order valence-corrected chi connectivity index (χ1v) is 6.39. The minimum atomic E-state index is 0.111. The van der Waals surface area contributed by atoms with E-state index in [2.05, 4.69) is 11.4 Å². The molecule has 1 atom stereocenters. The van der Waals surface area contributed by atoms with E-state index in [0.29, 0.717) is 6.10 Å². The van der Waals surface area contributed by atoms with Gasteiger partial charge in [-0.05, 0) is 30.4 Å². The molecule has 17 heavy (non-hydrogen) atoms. The van der Waals surface area contributed by atoms with Gasteiger partial charge in [-0.1, -0.05) is 24.3 Å². The first kappa shape index (κ1) is 12.6. The molecule has 0 radical (unpaired) electrons. The van der Waals surface area contributed by atoms with Crippen molar-refractivity contribution in [2.75, 3.05) is 13.2 Å². The van der Waals surface area contributed by atoms with Gasteiger partial charge < -0.3 is 15.2 Å². The lowest BCUT2D eigenvalue weighted by atomic mass is 10.1. The largest absolute Gasteiger partial charge is 0.392 e. The molecule has 2 N–H and O–H groups in total. The lowest BCUT2D eigenvalue weighted by Gasteiger charge is -2.22. The highest BCUT2D eigenvalue weighted by Crippen LogP contribution is 2.12. The zero-order chi connectivity index (χ0) is 11.9. The van der Waals surface area contributed by atoms with Crippen molar-refractivity contribution >= 4 is 0 Å². The molecule has 94 valence electrons. The smallest absolute Gasteiger partial charge is 0.0699 e. The van der Waals surface area contributed by atoms with Crippen LogP contribution in [0.5, 0.6) is 0 Å². The fourth-order valence-electron chi connectivity index (χ4n) is 2.18. The number of aliphatic hydroxyl groups is 1. The van der Waals surface area contributed by atoms with Crippen LogP contribution in [-0.4, -0.2) is 24.4 Å². The fraction of sp³-hybridized carbons (Fsp3) is 0.571. The van der Waals surface area contributed by atoms with Crippen LogP contribution in [0.2, 0.25) is 0 Å². The number of hydrogen-bond donors (Lipinski definition) is 2. The van der Waals surface area contributed by atoms with Crippen molar-refractivity contribution in [2.24, 2.45) is 0 Å². The van der Waals surface area contributed by atoms with Crippen LogP contribution in [0.25, 0.3) is 0 Å². The van der Waals surface area contributed by atoms with Gasteiger partial charge in [0.15, 0.2) is 0 Å². The lowest BCUT2D eigenvalue weighted by molar-refractivity contribution is 0.0168. The number of hydrogen-bond acceptors (Lipinski definition) is 3. The summed E-state index contributed by atoms with van der Waals surface area (Å²) in [6.07, 6.45) is 4.04. The predicted molar refractivity (Wildman–Crippen MR) is 67.7 cm³/mol. The third-order valence-electron chi connectivity index (χ3n) is 3.15. The van der Waals surface area contributed by atoms with Crippen molar-refractivity contribution in [2.45, 2.75) is 38.5 Å². The second-order valence-corrected chi connectivity index (χ2v) is 4.60. The van der Waals surface area contributed by atoms with Crippen LogP contribution in [0.4, 0.5) is 0 Å². The number of ether oxygens (including phenoxy) is 1. The first-order valence-electron chi connectivity index (χ1n) is 6.39. The Bertz CT molecular complexity index is 335. The highest BCUT2D eigenvalue weighted by atomic mass is 16.5. The molecule has 1 aromatic carbocycles. The standard InChI is InChI=1S/C14H21NO2/c16-11-13-5-3-4-12(8-13)9-15-10-14-6-1-2-7-17-14/h3-5,8,14-16H,1-2,6-7,9-11H2. The van der Waals surface area contributed by atoms with Gasteiger partial charge in [0, 0.05) is 19.7 Å². The maximum absolute atomic E-state index is 9.05. The zero-order valence-electron chi connectivity index (χ0n) is 10.2. The third kappa shape index (κ3) is 4.11. The first-order chi connectivity index (χ1) is 8.38. The molecule has 0 spiro atoms. The Balaban J connectivity index is 1.73. The van der Waals surface area contributed by atoms with Crippen LogP contribution in [0.3, 0.4) is 0 Å². The van der Waals surface area contributed by atoms with Crippen LogP contribution in [-0.2, 0) is 17.9 Å². The number of nitrogens with one attached hydrogen (secondary N) is 1. The van der Waals surface area contributed by atoms with Crippen molar-refractivity contribution in [1.82, 2.24) is 5.32 Å². The molecule has 0 aromatic heterocycles. The highest BCUT2D eigenvalue weighted by Gasteiger charge is 2.12. The van der Waals surface area contributed by atoms with E-state index in [0.717, 1.165) is 25.3 Å². The Hall–Kier alpha value is -0.900. The van der Waals surface area contributed by atoms with Crippen molar-refractivity contribution < 1.29 is 9.84 Å². The van der Waals surface area contributed by atoms with Crippen molar-refractivity contribution in [3.8, 4) is 0 Å². The van der Waals surface area contributed by atoms with Gasteiger partial charge in [0.1, 0.15) is 0 Å². The minimum absolute atomic E-state index is 0.111. The van der Waals surface area contributed by atoms with E-state index < -0.39 is 0 Å². The van der Waals surface area contributed by atoms with E-state index in [1.54, 1.807) is 0 Å². The van der Waals surface area contributed by atoms with Gasteiger partial charge in [0.25, 0.3) is 0 Å². The van der Waals surface area contributed by atoms with E-state index in [4.69, 9.17) is 9.84 Å². The maximum Gasteiger partial charge on any atom is 0.0699 e. The Labute approximate surface area is 103 Å². The second kappa shape index (κ2) is 6.74. The Morgan fingerprint density at radius 2 is 2.18 bits per heavy atom. The average Bonchev–Trinajstić information content (AvgIpc) is 2.40. The molecule has 2 rings (SSSR count). The summed E-state index contributed by atoms with van der Waals surface area (Å²) in [5.74, 6) is 0. The summed E-state index contributed by atoms with van der Waals surface area (Å²) in [7, 11) is 0. The van der Waals surface area contributed by atoms with Gasteiger partial charge in [0.05, 0.1) is 12.7 Å². The number of aliphatic hydroxyl groups excluding tert-OH is 1. The SMILES string of the molecule is OCc1cccc(CNCC2CCCCO2)c1. The Morgan fingerprint density at radius 1 is 1.29 bits per heavy atom. The second-order valence-electron chi connectivity index (χ2n) is 4.60. The van der Waals surface area contributed by atoms with Gasteiger partial charge >= 0.3 is 0 Å². The molecular weight excluding hydrogens is 214 g/mol. The Kier molecular flexibility index (Phi) is 4.98. The van der Waals surface area contributed by atoms with Gasteiger partial charge in [0.2, 0.25) is 0 Å². The summed E-state index contributed by atoms with van der Waals surface area (Å²) in [4.78, 5) is 0. The van der Waals surface area contributed by atoms with Crippen LogP contribution < -0.4 is 5.32 Å². The summed E-state index contributed by atoms with van der Waals surface area (Å²) in [5.41, 5.74) is 2.19. The molecule has 0 amide bonds. The highest BCUT2D eigenvalue weighted by molar-refractivity contribution is 5.22. The topological polar surface area (TPSA) is 41.5 Å². The summed E-state index contributed by atoms with van der Waals surface area (Å²) in [5, 5.41) is 12.5. The quantitative estimate of drug-likeness (QED) is 0.818. The van der Waals surface area contributed by atoms with Crippen LogP contribution in [0.1, 0.15) is 30.4 Å². The molecular formula is C14H21NO2. The monoisotopic (exact) mass is 235 g/mol. The van der Waals surface area contributed by atoms with Gasteiger partial charge in [-0.15, -0.1) is 0 Å². The summed E-state index contributed by atoms with van der Waals surface area (Å²) >= 11 is 0. The minimum Gasteiger partial charge on any atom is -0.392 e. The van der Waals surface area contributed by atoms with Crippen LogP contribution >= 0.6 is 0 Å². The zero-order valence-corrected chi connectivity index (χ0v) is 10.2. The molecule has 1 aliphatic rings. The van der Waals surface area contributed by atoms with E-state index in [1.165, 1.54) is 24.8 Å². The maximum atomic E-state index is 9.05.